The number of rotatable bonds is 7. The predicted molar refractivity (Wildman–Crippen MR) is 74.0 cm³/mol. The minimum Gasteiger partial charge on any atom is -0.310 e. The summed E-state index contributed by atoms with van der Waals surface area (Å²) in [4.78, 5) is 4.13. The predicted octanol–water partition coefficient (Wildman–Crippen LogP) is 3.69. The third-order valence-corrected chi connectivity index (χ3v) is 3.59. The van der Waals surface area contributed by atoms with Crippen LogP contribution in [0.1, 0.15) is 51.2 Å². The summed E-state index contributed by atoms with van der Waals surface area (Å²) in [5.41, 5.74) is 2.64. The van der Waals surface area contributed by atoms with Gasteiger partial charge in [0.15, 0.2) is 0 Å². The van der Waals surface area contributed by atoms with Crippen molar-refractivity contribution in [2.75, 3.05) is 0 Å². The standard InChI is InChI=1S/C15H26N2/c1-5-12(3)9-15(6-2)17-11-14-7-8-16-10-13(14)4/h7-8,10,12,15,17H,5-6,9,11H2,1-4H3. The molecule has 0 aromatic carbocycles. The Morgan fingerprint density at radius 3 is 2.65 bits per heavy atom. The molecule has 0 saturated heterocycles. The SMILES string of the molecule is CCC(C)CC(CC)NCc1ccncc1C. The van der Waals surface area contributed by atoms with Gasteiger partial charge in [-0.3, -0.25) is 4.98 Å². The molecular weight excluding hydrogens is 208 g/mol. The highest BCUT2D eigenvalue weighted by Gasteiger charge is 2.10. The van der Waals surface area contributed by atoms with E-state index in [0.717, 1.165) is 12.5 Å². The molecular formula is C15H26N2. The number of hydrogen-bond donors (Lipinski definition) is 1. The largest absolute Gasteiger partial charge is 0.310 e. The quantitative estimate of drug-likeness (QED) is 0.778. The summed E-state index contributed by atoms with van der Waals surface area (Å²) in [5, 5.41) is 3.66. The number of hydrogen-bond acceptors (Lipinski definition) is 2. The van der Waals surface area contributed by atoms with Gasteiger partial charge in [-0.05, 0) is 42.9 Å². The van der Waals surface area contributed by atoms with Crippen molar-refractivity contribution in [2.24, 2.45) is 5.92 Å². The molecule has 0 radical (unpaired) electrons. The van der Waals surface area contributed by atoms with Crippen LogP contribution in [0.5, 0.6) is 0 Å². The summed E-state index contributed by atoms with van der Waals surface area (Å²) < 4.78 is 0. The van der Waals surface area contributed by atoms with E-state index in [1.54, 1.807) is 0 Å². The molecule has 0 aliphatic rings. The van der Waals surface area contributed by atoms with E-state index in [9.17, 15) is 0 Å². The Labute approximate surface area is 106 Å². The van der Waals surface area contributed by atoms with E-state index < -0.39 is 0 Å². The van der Waals surface area contributed by atoms with E-state index in [1.165, 1.54) is 30.4 Å². The van der Waals surface area contributed by atoms with Crippen LogP contribution in [-0.2, 0) is 6.54 Å². The van der Waals surface area contributed by atoms with Crippen molar-refractivity contribution in [3.8, 4) is 0 Å². The van der Waals surface area contributed by atoms with Crippen LogP contribution < -0.4 is 5.32 Å². The summed E-state index contributed by atoms with van der Waals surface area (Å²) in [6.07, 6.45) is 7.56. The molecule has 1 aromatic heterocycles. The van der Waals surface area contributed by atoms with Gasteiger partial charge in [0.1, 0.15) is 0 Å². The Morgan fingerprint density at radius 2 is 2.06 bits per heavy atom. The second kappa shape index (κ2) is 7.44. The van der Waals surface area contributed by atoms with E-state index in [0.29, 0.717) is 6.04 Å². The Kier molecular flexibility index (Phi) is 6.20. The van der Waals surface area contributed by atoms with E-state index in [1.807, 2.05) is 12.4 Å². The van der Waals surface area contributed by atoms with Gasteiger partial charge < -0.3 is 5.32 Å². The van der Waals surface area contributed by atoms with Crippen molar-refractivity contribution >= 4 is 0 Å². The van der Waals surface area contributed by atoms with Gasteiger partial charge in [0.2, 0.25) is 0 Å². The van der Waals surface area contributed by atoms with Crippen LogP contribution in [-0.4, -0.2) is 11.0 Å². The van der Waals surface area contributed by atoms with Gasteiger partial charge in [-0.25, -0.2) is 0 Å². The topological polar surface area (TPSA) is 24.9 Å². The minimum atomic E-state index is 0.637. The molecule has 0 amide bonds. The highest BCUT2D eigenvalue weighted by atomic mass is 14.9. The lowest BCUT2D eigenvalue weighted by molar-refractivity contribution is 0.384. The third kappa shape index (κ3) is 4.86. The zero-order chi connectivity index (χ0) is 12.7. The Bertz CT molecular complexity index is 322. The average molecular weight is 234 g/mol. The zero-order valence-corrected chi connectivity index (χ0v) is 11.7. The molecule has 2 unspecified atom stereocenters. The fourth-order valence-electron chi connectivity index (χ4n) is 2.00. The molecule has 0 fully saturated rings. The normalized spacial score (nSPS) is 14.6. The molecule has 2 nitrogen and oxygen atoms in total. The van der Waals surface area contributed by atoms with Gasteiger partial charge in [-0.2, -0.15) is 0 Å². The number of nitrogens with one attached hydrogen (secondary N) is 1. The zero-order valence-electron chi connectivity index (χ0n) is 11.7. The summed E-state index contributed by atoms with van der Waals surface area (Å²) in [6.45, 7) is 9.95. The molecule has 2 atom stereocenters. The van der Waals surface area contributed by atoms with Gasteiger partial charge >= 0.3 is 0 Å². The number of aryl methyl sites for hydroxylation is 1. The lowest BCUT2D eigenvalue weighted by Crippen LogP contribution is -2.29. The average Bonchev–Trinajstić information content (AvgIpc) is 2.35. The van der Waals surface area contributed by atoms with Crippen LogP contribution >= 0.6 is 0 Å². The van der Waals surface area contributed by atoms with Crippen LogP contribution in [0.2, 0.25) is 0 Å². The van der Waals surface area contributed by atoms with Gasteiger partial charge in [0.05, 0.1) is 0 Å². The lowest BCUT2D eigenvalue weighted by atomic mass is 9.97. The molecule has 1 N–H and O–H groups in total. The van der Waals surface area contributed by atoms with Crippen molar-refractivity contribution < 1.29 is 0 Å². The number of pyridine rings is 1. The van der Waals surface area contributed by atoms with Gasteiger partial charge in [0.25, 0.3) is 0 Å². The van der Waals surface area contributed by atoms with Gasteiger partial charge in [-0.15, -0.1) is 0 Å². The number of nitrogens with zero attached hydrogens (tertiary/aromatic N) is 1. The van der Waals surface area contributed by atoms with E-state index in [2.05, 4.69) is 44.1 Å². The Morgan fingerprint density at radius 1 is 1.29 bits per heavy atom. The van der Waals surface area contributed by atoms with Crippen molar-refractivity contribution in [3.05, 3.63) is 29.6 Å². The maximum atomic E-state index is 4.13. The Hall–Kier alpha value is -0.890. The van der Waals surface area contributed by atoms with Crippen molar-refractivity contribution in [3.63, 3.8) is 0 Å². The van der Waals surface area contributed by atoms with E-state index in [-0.39, 0.29) is 0 Å². The molecule has 1 rings (SSSR count). The highest BCUT2D eigenvalue weighted by molar-refractivity contribution is 5.21. The van der Waals surface area contributed by atoms with Crippen LogP contribution in [0.4, 0.5) is 0 Å². The number of aromatic nitrogens is 1. The summed E-state index contributed by atoms with van der Waals surface area (Å²) >= 11 is 0. The fourth-order valence-corrected chi connectivity index (χ4v) is 2.00. The highest BCUT2D eigenvalue weighted by Crippen LogP contribution is 2.13. The lowest BCUT2D eigenvalue weighted by Gasteiger charge is -2.20. The maximum Gasteiger partial charge on any atom is 0.0300 e. The van der Waals surface area contributed by atoms with Crippen molar-refractivity contribution in [1.29, 1.82) is 0 Å². The van der Waals surface area contributed by atoms with Gasteiger partial charge in [-0.1, -0.05) is 27.2 Å². The molecule has 1 heterocycles. The van der Waals surface area contributed by atoms with Crippen LogP contribution in [0.25, 0.3) is 0 Å². The third-order valence-electron chi connectivity index (χ3n) is 3.59. The second-order valence-electron chi connectivity index (χ2n) is 5.04. The molecule has 0 bridgehead atoms. The van der Waals surface area contributed by atoms with E-state index in [4.69, 9.17) is 0 Å². The second-order valence-corrected chi connectivity index (χ2v) is 5.04. The maximum absolute atomic E-state index is 4.13. The monoisotopic (exact) mass is 234 g/mol. The van der Waals surface area contributed by atoms with E-state index >= 15 is 0 Å². The van der Waals surface area contributed by atoms with Crippen LogP contribution in [0.3, 0.4) is 0 Å². The first-order valence-electron chi connectivity index (χ1n) is 6.80. The first-order valence-corrected chi connectivity index (χ1v) is 6.80. The molecule has 96 valence electrons. The summed E-state index contributed by atoms with van der Waals surface area (Å²) in [7, 11) is 0. The molecule has 0 aliphatic carbocycles. The van der Waals surface area contributed by atoms with Crippen molar-refractivity contribution in [2.45, 2.75) is 59.5 Å². The smallest absolute Gasteiger partial charge is 0.0300 e. The first kappa shape index (κ1) is 14.2. The minimum absolute atomic E-state index is 0.637. The van der Waals surface area contributed by atoms with Crippen molar-refractivity contribution in [1.82, 2.24) is 10.3 Å². The molecule has 0 aliphatic heterocycles. The molecule has 0 spiro atoms. The summed E-state index contributed by atoms with van der Waals surface area (Å²) in [5.74, 6) is 0.811. The van der Waals surface area contributed by atoms with Crippen LogP contribution in [0.15, 0.2) is 18.5 Å². The fraction of sp³-hybridized carbons (Fsp3) is 0.667. The summed E-state index contributed by atoms with van der Waals surface area (Å²) in [6, 6.07) is 2.75. The molecule has 1 aromatic rings. The first-order chi connectivity index (χ1) is 8.17. The Balaban J connectivity index is 2.45. The van der Waals surface area contributed by atoms with Crippen LogP contribution in [0, 0.1) is 12.8 Å². The van der Waals surface area contributed by atoms with Gasteiger partial charge in [0, 0.05) is 25.0 Å². The molecule has 17 heavy (non-hydrogen) atoms. The molecule has 2 heteroatoms. The molecule has 0 saturated carbocycles.